The highest BCUT2D eigenvalue weighted by atomic mass is 32.1. The number of fused-ring (bicyclic) bond motifs is 5. The van der Waals surface area contributed by atoms with Crippen molar-refractivity contribution in [3.8, 4) is 0 Å². The van der Waals surface area contributed by atoms with Gasteiger partial charge in [-0.05, 0) is 36.8 Å². The summed E-state index contributed by atoms with van der Waals surface area (Å²) in [5, 5.41) is 13.3. The number of ether oxygens (including phenoxy) is 1. The molecule has 0 spiro atoms. The number of aryl methyl sites for hydroxylation is 2. The maximum Gasteiger partial charge on any atom is 0.147 e. The van der Waals surface area contributed by atoms with E-state index in [1.54, 1.807) is 17.7 Å². The van der Waals surface area contributed by atoms with Crippen LogP contribution in [0.25, 0.3) is 20.4 Å². The first kappa shape index (κ1) is 17.6. The molecular formula is C19H24N4O2S. The second kappa shape index (κ2) is 7.82. The first-order valence-electron chi connectivity index (χ1n) is 9.33. The summed E-state index contributed by atoms with van der Waals surface area (Å²) in [6.07, 6.45) is 7.28. The molecule has 2 N–H and O–H groups in total. The van der Waals surface area contributed by atoms with Crippen molar-refractivity contribution in [1.29, 1.82) is 0 Å². The average molecular weight is 372 g/mol. The number of aliphatic hydroxyl groups excluding tert-OH is 1. The molecule has 6 nitrogen and oxygen atoms in total. The molecule has 138 valence electrons. The predicted molar refractivity (Wildman–Crippen MR) is 105 cm³/mol. The summed E-state index contributed by atoms with van der Waals surface area (Å²) >= 11 is 1.68. The lowest BCUT2D eigenvalue weighted by Gasteiger charge is -2.08. The van der Waals surface area contributed by atoms with Crippen molar-refractivity contribution < 1.29 is 9.84 Å². The molecule has 3 aromatic rings. The quantitative estimate of drug-likeness (QED) is 0.592. The number of nitrogens with one attached hydrogen (secondary N) is 1. The molecule has 0 aliphatic heterocycles. The molecule has 0 unspecified atom stereocenters. The average Bonchev–Trinajstić information content (AvgIpc) is 3.26. The Hall–Kier alpha value is -1.83. The number of aromatic nitrogens is 3. The highest BCUT2D eigenvalue weighted by Crippen LogP contribution is 2.41. The SMILES string of the molecule is CCCc1nc2sc3c(NCCOCCO)ncnc3c2c2c1CCC2. The van der Waals surface area contributed by atoms with Gasteiger partial charge in [0.1, 0.15) is 17.0 Å². The van der Waals surface area contributed by atoms with Crippen molar-refractivity contribution >= 4 is 37.6 Å². The number of thiophene rings is 1. The summed E-state index contributed by atoms with van der Waals surface area (Å²) in [6, 6.07) is 0. The monoisotopic (exact) mass is 372 g/mol. The van der Waals surface area contributed by atoms with E-state index < -0.39 is 0 Å². The zero-order valence-corrected chi connectivity index (χ0v) is 15.9. The van der Waals surface area contributed by atoms with E-state index in [4.69, 9.17) is 14.8 Å². The van der Waals surface area contributed by atoms with Gasteiger partial charge < -0.3 is 15.2 Å². The molecule has 7 heteroatoms. The van der Waals surface area contributed by atoms with Gasteiger partial charge in [-0.15, -0.1) is 11.3 Å². The minimum absolute atomic E-state index is 0.0466. The van der Waals surface area contributed by atoms with E-state index in [0.29, 0.717) is 19.8 Å². The van der Waals surface area contributed by atoms with Gasteiger partial charge in [0.25, 0.3) is 0 Å². The number of anilines is 1. The van der Waals surface area contributed by atoms with Crippen molar-refractivity contribution in [3.05, 3.63) is 23.1 Å². The third-order valence-corrected chi connectivity index (χ3v) is 5.90. The van der Waals surface area contributed by atoms with Gasteiger partial charge in [-0.25, -0.2) is 15.0 Å². The smallest absolute Gasteiger partial charge is 0.147 e. The molecule has 0 amide bonds. The van der Waals surface area contributed by atoms with Gasteiger partial charge in [-0.2, -0.15) is 0 Å². The Kier molecular flexibility index (Phi) is 5.28. The first-order valence-corrected chi connectivity index (χ1v) is 10.2. The number of nitrogens with zero attached hydrogens (tertiary/aromatic N) is 3. The van der Waals surface area contributed by atoms with Gasteiger partial charge in [-0.1, -0.05) is 13.3 Å². The van der Waals surface area contributed by atoms with Crippen LogP contribution in [-0.2, 0) is 24.0 Å². The predicted octanol–water partition coefficient (Wildman–Crippen LogP) is 3.10. The summed E-state index contributed by atoms with van der Waals surface area (Å²) < 4.78 is 6.38. The second-order valence-electron chi connectivity index (χ2n) is 6.56. The first-order chi connectivity index (χ1) is 12.8. The zero-order chi connectivity index (χ0) is 17.9. The van der Waals surface area contributed by atoms with Gasteiger partial charge in [0.2, 0.25) is 0 Å². The number of pyridine rings is 1. The fraction of sp³-hybridized carbons (Fsp3) is 0.526. The number of hydrogen-bond donors (Lipinski definition) is 2. The maximum absolute atomic E-state index is 8.77. The van der Waals surface area contributed by atoms with Crippen LogP contribution in [0.15, 0.2) is 6.33 Å². The summed E-state index contributed by atoms with van der Waals surface area (Å²) in [5.41, 5.74) is 5.22. The molecule has 0 aromatic carbocycles. The summed E-state index contributed by atoms with van der Waals surface area (Å²) in [7, 11) is 0. The van der Waals surface area contributed by atoms with Crippen LogP contribution in [0, 0.1) is 0 Å². The Balaban J connectivity index is 1.73. The zero-order valence-electron chi connectivity index (χ0n) is 15.0. The standard InChI is InChI=1S/C19H24N4O2S/c1-2-4-14-12-5-3-6-13(12)15-16-17(26-19(15)23-14)18(22-11-21-16)20-7-9-25-10-8-24/h11,24H,2-10H2,1H3,(H,20,21,22). The Labute approximate surface area is 156 Å². The van der Waals surface area contributed by atoms with E-state index in [2.05, 4.69) is 22.2 Å². The highest BCUT2D eigenvalue weighted by molar-refractivity contribution is 7.26. The third kappa shape index (κ3) is 3.15. The van der Waals surface area contributed by atoms with Crippen LogP contribution >= 0.6 is 11.3 Å². The Morgan fingerprint density at radius 3 is 2.96 bits per heavy atom. The second-order valence-corrected chi connectivity index (χ2v) is 7.56. The van der Waals surface area contributed by atoms with Gasteiger partial charge in [-0.3, -0.25) is 0 Å². The molecule has 26 heavy (non-hydrogen) atoms. The largest absolute Gasteiger partial charge is 0.394 e. The van der Waals surface area contributed by atoms with Gasteiger partial charge >= 0.3 is 0 Å². The summed E-state index contributed by atoms with van der Waals surface area (Å²) in [6.45, 7) is 3.80. The molecule has 1 aliphatic rings. The van der Waals surface area contributed by atoms with E-state index in [1.165, 1.54) is 28.6 Å². The number of aliphatic hydroxyl groups is 1. The topological polar surface area (TPSA) is 80.2 Å². The lowest BCUT2D eigenvalue weighted by atomic mass is 10.0. The maximum atomic E-state index is 8.77. The van der Waals surface area contributed by atoms with Crippen LogP contribution in [0.3, 0.4) is 0 Å². The van der Waals surface area contributed by atoms with E-state index >= 15 is 0 Å². The molecule has 0 saturated heterocycles. The van der Waals surface area contributed by atoms with Crippen LogP contribution in [-0.4, -0.2) is 46.4 Å². The summed E-state index contributed by atoms with van der Waals surface area (Å²) in [4.78, 5) is 15.1. The lowest BCUT2D eigenvalue weighted by Crippen LogP contribution is -2.12. The molecule has 0 bridgehead atoms. The van der Waals surface area contributed by atoms with Crippen molar-refractivity contribution in [2.75, 3.05) is 31.7 Å². The van der Waals surface area contributed by atoms with Crippen LogP contribution in [0.1, 0.15) is 36.6 Å². The Bertz CT molecular complexity index is 925. The highest BCUT2D eigenvalue weighted by Gasteiger charge is 2.23. The van der Waals surface area contributed by atoms with Crippen molar-refractivity contribution in [2.24, 2.45) is 0 Å². The van der Waals surface area contributed by atoms with Crippen molar-refractivity contribution in [3.63, 3.8) is 0 Å². The normalized spacial score (nSPS) is 13.6. The van der Waals surface area contributed by atoms with Crippen LogP contribution in [0.4, 0.5) is 5.82 Å². The summed E-state index contributed by atoms with van der Waals surface area (Å²) in [5.74, 6) is 0.842. The van der Waals surface area contributed by atoms with Crippen LogP contribution in [0.2, 0.25) is 0 Å². The molecular weight excluding hydrogens is 348 g/mol. The molecule has 0 atom stereocenters. The third-order valence-electron chi connectivity index (χ3n) is 4.82. The Morgan fingerprint density at radius 2 is 2.12 bits per heavy atom. The van der Waals surface area contributed by atoms with E-state index in [0.717, 1.165) is 46.5 Å². The number of rotatable bonds is 8. The van der Waals surface area contributed by atoms with Crippen LogP contribution < -0.4 is 5.32 Å². The minimum Gasteiger partial charge on any atom is -0.394 e. The van der Waals surface area contributed by atoms with Crippen molar-refractivity contribution in [2.45, 2.75) is 39.0 Å². The van der Waals surface area contributed by atoms with Crippen molar-refractivity contribution in [1.82, 2.24) is 15.0 Å². The van der Waals surface area contributed by atoms with E-state index in [9.17, 15) is 0 Å². The van der Waals surface area contributed by atoms with E-state index in [-0.39, 0.29) is 6.61 Å². The lowest BCUT2D eigenvalue weighted by molar-refractivity contribution is 0.0992. The van der Waals surface area contributed by atoms with Gasteiger partial charge in [0.15, 0.2) is 0 Å². The Morgan fingerprint density at radius 1 is 1.23 bits per heavy atom. The molecule has 4 rings (SSSR count). The molecule has 0 radical (unpaired) electrons. The van der Waals surface area contributed by atoms with Gasteiger partial charge in [0.05, 0.1) is 30.0 Å². The fourth-order valence-corrected chi connectivity index (χ4v) is 4.90. The fourth-order valence-electron chi connectivity index (χ4n) is 3.75. The molecule has 3 heterocycles. The van der Waals surface area contributed by atoms with E-state index in [1.807, 2.05) is 0 Å². The molecule has 0 fully saturated rings. The number of hydrogen-bond acceptors (Lipinski definition) is 7. The van der Waals surface area contributed by atoms with Crippen LogP contribution in [0.5, 0.6) is 0 Å². The molecule has 3 aromatic heterocycles. The molecule has 1 aliphatic carbocycles. The minimum atomic E-state index is 0.0466. The molecule has 0 saturated carbocycles. The van der Waals surface area contributed by atoms with Gasteiger partial charge in [0, 0.05) is 17.6 Å².